The van der Waals surface area contributed by atoms with Crippen LogP contribution in [0.3, 0.4) is 0 Å². The highest BCUT2D eigenvalue weighted by atomic mass is 16.5. The number of nitrogens with zero attached hydrogens (tertiary/aromatic N) is 8. The van der Waals surface area contributed by atoms with Gasteiger partial charge in [0, 0.05) is 56.1 Å². The van der Waals surface area contributed by atoms with Crippen LogP contribution in [0, 0.1) is 13.8 Å². The van der Waals surface area contributed by atoms with Crippen molar-refractivity contribution in [1.82, 2.24) is 38.7 Å². The van der Waals surface area contributed by atoms with Gasteiger partial charge in [-0.05, 0) is 88.4 Å². The third-order valence-electron chi connectivity index (χ3n) is 10.4. The molecule has 7 N–H and O–H groups in total. The summed E-state index contributed by atoms with van der Waals surface area (Å²) in [5.74, 6) is -0.653. The summed E-state index contributed by atoms with van der Waals surface area (Å²) in [6.45, 7) is 12.9. The highest BCUT2D eigenvalue weighted by molar-refractivity contribution is 6.05. The van der Waals surface area contributed by atoms with Gasteiger partial charge >= 0.3 is 0 Å². The zero-order valence-electron chi connectivity index (χ0n) is 39.4. The number of carbonyl (C=O) groups excluding carboxylic acids is 4. The summed E-state index contributed by atoms with van der Waals surface area (Å²) in [5.41, 5.74) is 16.3. The Kier molecular flexibility index (Phi) is 16.0. The van der Waals surface area contributed by atoms with Gasteiger partial charge in [0.15, 0.2) is 0 Å². The molecule has 0 aliphatic heterocycles. The van der Waals surface area contributed by atoms with Gasteiger partial charge in [0.2, 0.25) is 23.7 Å². The monoisotopic (exact) mass is 927 g/mol. The highest BCUT2D eigenvalue weighted by Crippen LogP contribution is 2.33. The van der Waals surface area contributed by atoms with Gasteiger partial charge in [-0.15, -0.1) is 0 Å². The predicted octanol–water partition coefficient (Wildman–Crippen LogP) is 6.48. The number of imidazole rings is 2. The molecule has 7 aromatic rings. The van der Waals surface area contributed by atoms with Crippen molar-refractivity contribution in [3.63, 3.8) is 0 Å². The van der Waals surface area contributed by atoms with Crippen LogP contribution in [0.5, 0.6) is 17.2 Å². The summed E-state index contributed by atoms with van der Waals surface area (Å²) in [7, 11) is 3.29. The number of primary amides is 2. The molecule has 0 saturated heterocycles. The van der Waals surface area contributed by atoms with Crippen molar-refractivity contribution in [2.45, 2.75) is 67.7 Å². The van der Waals surface area contributed by atoms with Crippen molar-refractivity contribution in [2.24, 2.45) is 11.5 Å². The van der Waals surface area contributed by atoms with E-state index in [4.69, 9.17) is 35.6 Å². The second-order valence-electron chi connectivity index (χ2n) is 14.9. The number of methoxy groups -OCH3 is 1. The molecule has 0 aliphatic carbocycles. The molecule has 0 bridgehead atoms. The van der Waals surface area contributed by atoms with E-state index in [1.54, 1.807) is 50.6 Å². The van der Waals surface area contributed by atoms with Crippen molar-refractivity contribution in [2.75, 3.05) is 43.3 Å². The molecular formula is C48H57N13O7. The summed E-state index contributed by atoms with van der Waals surface area (Å²) >= 11 is 0. The number of carbonyl (C=O) groups is 4. The quantitative estimate of drug-likeness (QED) is 0.0515. The number of hydrogen-bond acceptors (Lipinski definition) is 12. The van der Waals surface area contributed by atoms with E-state index in [0.29, 0.717) is 69.4 Å². The van der Waals surface area contributed by atoms with Crippen LogP contribution in [0.4, 0.5) is 17.6 Å². The molecule has 0 fully saturated rings. The lowest BCUT2D eigenvalue weighted by Gasteiger charge is -2.13. The third-order valence-corrected chi connectivity index (χ3v) is 10.4. The summed E-state index contributed by atoms with van der Waals surface area (Å²) in [6, 6.07) is 17.0. The molecule has 20 heteroatoms. The Hall–Kier alpha value is -8.42. The molecule has 7 rings (SSSR count). The first-order valence-electron chi connectivity index (χ1n) is 22.1. The van der Waals surface area contributed by atoms with E-state index >= 15 is 0 Å². The van der Waals surface area contributed by atoms with E-state index in [1.165, 1.54) is 31.4 Å². The normalized spacial score (nSPS) is 11.2. The van der Waals surface area contributed by atoms with Gasteiger partial charge in [0.05, 0.1) is 29.5 Å². The summed E-state index contributed by atoms with van der Waals surface area (Å²) in [6.07, 6.45) is 7.26. The highest BCUT2D eigenvalue weighted by Gasteiger charge is 2.24. The molecule has 4 heterocycles. The summed E-state index contributed by atoms with van der Waals surface area (Å²) < 4.78 is 24.5. The molecule has 4 amide bonds. The standard InChI is InChI=1S/C46H51N13O7.C2H6/c1-7-58-35(20-27(3)54-58)43(62)52-45-50-33-22-29(41(47)60)24-37(64-6)39(33)56(45)16-9-10-17-57-40-34(51-46(57)53-44(63)36-21-28(4)55-59(36)8-2)23-30(42(48)61)25-38(40)66-19-12-11-18-65-32-15-13-14-31(26-32)49-5;1-2/h9-15,20-26,49H,7-8,16-19H2,1-6H3,(H2,47,60)(H2,48,61)(H,50,52,62)(H,51,53,63);1-2H3/b10-9+,12-11+;. The number of nitrogens with two attached hydrogens (primary N) is 2. The number of aromatic nitrogens is 8. The Morgan fingerprint density at radius 2 is 1.15 bits per heavy atom. The molecular weight excluding hydrogens is 871 g/mol. The minimum atomic E-state index is -0.694. The molecule has 0 aliphatic rings. The van der Waals surface area contributed by atoms with E-state index in [2.05, 4.69) is 26.1 Å². The van der Waals surface area contributed by atoms with Crippen LogP contribution >= 0.6 is 0 Å². The van der Waals surface area contributed by atoms with Crippen molar-refractivity contribution in [1.29, 1.82) is 0 Å². The lowest BCUT2D eigenvalue weighted by molar-refractivity contribution is 0.0991. The van der Waals surface area contributed by atoms with Crippen LogP contribution < -0.4 is 41.6 Å². The number of ether oxygens (including phenoxy) is 3. The predicted molar refractivity (Wildman–Crippen MR) is 261 cm³/mol. The molecule has 0 radical (unpaired) electrons. The van der Waals surface area contributed by atoms with Crippen molar-refractivity contribution >= 4 is 63.3 Å². The number of benzene rings is 3. The lowest BCUT2D eigenvalue weighted by Crippen LogP contribution is -2.20. The molecule has 0 spiro atoms. The average Bonchev–Trinajstić information content (AvgIpc) is 4.11. The van der Waals surface area contributed by atoms with Crippen LogP contribution in [0.25, 0.3) is 22.1 Å². The Labute approximate surface area is 392 Å². The second-order valence-corrected chi connectivity index (χ2v) is 14.9. The number of hydrogen-bond donors (Lipinski definition) is 5. The van der Waals surface area contributed by atoms with Gasteiger partial charge in [-0.25, -0.2) is 9.97 Å². The fraction of sp³-hybridized carbons (Fsp3) is 0.292. The Morgan fingerprint density at radius 3 is 1.62 bits per heavy atom. The van der Waals surface area contributed by atoms with E-state index in [9.17, 15) is 19.2 Å². The average molecular weight is 928 g/mol. The van der Waals surface area contributed by atoms with Gasteiger partial charge in [-0.2, -0.15) is 10.2 Å². The first kappa shape index (κ1) is 49.0. The van der Waals surface area contributed by atoms with Crippen LogP contribution in [-0.2, 0) is 26.2 Å². The molecule has 3 aromatic carbocycles. The first-order valence-corrected chi connectivity index (χ1v) is 22.1. The lowest BCUT2D eigenvalue weighted by atomic mass is 10.1. The fourth-order valence-corrected chi connectivity index (χ4v) is 7.35. The van der Waals surface area contributed by atoms with Crippen molar-refractivity contribution < 1.29 is 33.4 Å². The van der Waals surface area contributed by atoms with Crippen LogP contribution in [0.1, 0.15) is 80.8 Å². The van der Waals surface area contributed by atoms with Gasteiger partial charge in [0.25, 0.3) is 11.8 Å². The van der Waals surface area contributed by atoms with Gasteiger partial charge in [-0.3, -0.25) is 39.2 Å². The Balaban J connectivity index is 0.00000376. The number of nitrogens with one attached hydrogen (secondary N) is 3. The molecule has 68 heavy (non-hydrogen) atoms. The number of aryl methyl sites for hydroxylation is 4. The minimum Gasteiger partial charge on any atom is -0.494 e. The maximum atomic E-state index is 13.8. The van der Waals surface area contributed by atoms with E-state index in [-0.39, 0.29) is 55.1 Å². The SMILES string of the molecule is CC.CCn1nc(C)cc1C(=O)Nc1nc2cc(C(N)=O)cc(OC)c2n1C/C=C/Cn1c(NC(=O)c2cc(C)nn2CC)nc2cc(C(N)=O)cc(OC/C=C/COc3cccc(NC)c3)c21. The van der Waals surface area contributed by atoms with Gasteiger partial charge in [0.1, 0.15) is 52.9 Å². The van der Waals surface area contributed by atoms with Crippen LogP contribution in [-0.4, -0.2) is 89.7 Å². The van der Waals surface area contributed by atoms with E-state index in [1.807, 2.05) is 77.2 Å². The van der Waals surface area contributed by atoms with E-state index < -0.39 is 23.6 Å². The number of rotatable bonds is 20. The van der Waals surface area contributed by atoms with Crippen LogP contribution in [0.2, 0.25) is 0 Å². The smallest absolute Gasteiger partial charge is 0.276 e. The maximum Gasteiger partial charge on any atom is 0.276 e. The number of fused-ring (bicyclic) bond motifs is 2. The zero-order valence-corrected chi connectivity index (χ0v) is 39.4. The number of amides is 4. The van der Waals surface area contributed by atoms with Crippen LogP contribution in [0.15, 0.2) is 85.0 Å². The summed E-state index contributed by atoms with van der Waals surface area (Å²) in [4.78, 5) is 61.9. The molecule has 356 valence electrons. The minimum absolute atomic E-state index is 0.0923. The fourth-order valence-electron chi connectivity index (χ4n) is 7.35. The van der Waals surface area contributed by atoms with Gasteiger partial charge in [-0.1, -0.05) is 32.1 Å². The van der Waals surface area contributed by atoms with E-state index in [0.717, 1.165) is 5.69 Å². The number of anilines is 3. The molecule has 20 nitrogen and oxygen atoms in total. The Bertz CT molecular complexity index is 3030. The van der Waals surface area contributed by atoms with Gasteiger partial charge < -0.3 is 40.1 Å². The molecule has 0 unspecified atom stereocenters. The molecule has 4 aromatic heterocycles. The second kappa shape index (κ2) is 22.2. The third kappa shape index (κ3) is 11.0. The molecule has 0 atom stereocenters. The molecule has 0 saturated carbocycles. The van der Waals surface area contributed by atoms with Crippen molar-refractivity contribution in [3.8, 4) is 17.2 Å². The Morgan fingerprint density at radius 1 is 0.662 bits per heavy atom. The first-order chi connectivity index (χ1) is 32.8. The van der Waals surface area contributed by atoms with Crippen molar-refractivity contribution in [3.05, 3.63) is 119 Å². The summed E-state index contributed by atoms with van der Waals surface area (Å²) in [5, 5.41) is 17.8. The number of allylic oxidation sites excluding steroid dienone is 2. The largest absolute Gasteiger partial charge is 0.494 e. The zero-order chi connectivity index (χ0) is 49.1. The topological polar surface area (TPSA) is 255 Å². The maximum absolute atomic E-state index is 13.8.